The van der Waals surface area contributed by atoms with Gasteiger partial charge in [0, 0.05) is 29.7 Å². The molecule has 40 heavy (non-hydrogen) atoms. The zero-order valence-electron chi connectivity index (χ0n) is 23.0. The number of para-hydroxylation sites is 2. The largest absolute Gasteiger partial charge is 0.330 e. The van der Waals surface area contributed by atoms with Crippen LogP contribution in [-0.4, -0.2) is 44.9 Å². The highest BCUT2D eigenvalue weighted by molar-refractivity contribution is 7.21. The van der Waals surface area contributed by atoms with Gasteiger partial charge in [-0.1, -0.05) is 79.5 Å². The molecule has 0 spiro atoms. The van der Waals surface area contributed by atoms with Crippen LogP contribution in [0.25, 0.3) is 21.1 Å². The Morgan fingerprint density at radius 1 is 0.950 bits per heavy atom. The number of carbonyl (C=O) groups excluding carboxylic acids is 1. The van der Waals surface area contributed by atoms with E-state index in [1.165, 1.54) is 48.4 Å². The number of carbonyl (C=O) groups is 1. The van der Waals surface area contributed by atoms with Gasteiger partial charge in [-0.25, -0.2) is 4.98 Å². The molecule has 0 N–H and O–H groups in total. The second-order valence-corrected chi connectivity index (χ2v) is 12.1. The number of amides is 1. The lowest BCUT2D eigenvalue weighted by atomic mass is 10.1. The minimum atomic E-state index is -0.0207. The number of unbranched alkanes of at least 4 members (excludes halogenated alkanes) is 1. The van der Waals surface area contributed by atoms with Gasteiger partial charge < -0.3 is 9.47 Å². The monoisotopic (exact) mass is 570 g/mol. The molecule has 1 saturated heterocycles. The molecule has 6 rings (SSSR count). The van der Waals surface area contributed by atoms with E-state index in [-0.39, 0.29) is 5.91 Å². The molecule has 0 atom stereocenters. The fourth-order valence-electron chi connectivity index (χ4n) is 5.71. The number of hydrogen-bond acceptors (Lipinski definition) is 4. The molecule has 0 unspecified atom stereocenters. The summed E-state index contributed by atoms with van der Waals surface area (Å²) in [6.07, 6.45) is 4.49. The maximum absolute atomic E-state index is 14.0. The number of rotatable bonds is 10. The lowest BCUT2D eigenvalue weighted by molar-refractivity contribution is 0.0740. The van der Waals surface area contributed by atoms with Crippen molar-refractivity contribution in [3.8, 4) is 0 Å². The molecule has 1 amide bonds. The summed E-state index contributed by atoms with van der Waals surface area (Å²) in [6.45, 7) is 7.29. The van der Waals surface area contributed by atoms with Crippen LogP contribution in [0.5, 0.6) is 0 Å². The zero-order valence-corrected chi connectivity index (χ0v) is 24.6. The van der Waals surface area contributed by atoms with Crippen molar-refractivity contribution in [2.24, 2.45) is 0 Å². The molecule has 0 aliphatic carbocycles. The molecule has 1 aliphatic rings. The van der Waals surface area contributed by atoms with Crippen molar-refractivity contribution >= 4 is 50.0 Å². The van der Waals surface area contributed by atoms with E-state index in [9.17, 15) is 4.79 Å². The van der Waals surface area contributed by atoms with Crippen LogP contribution in [-0.2, 0) is 19.6 Å². The number of nitrogens with zero attached hydrogens (tertiary/aromatic N) is 4. The summed E-state index contributed by atoms with van der Waals surface area (Å²) in [5.74, 6) is 0.881. The average Bonchev–Trinajstić information content (AvgIpc) is 3.70. The normalized spacial score (nSPS) is 13.9. The summed E-state index contributed by atoms with van der Waals surface area (Å²) >= 11 is 8.24. The van der Waals surface area contributed by atoms with Gasteiger partial charge in [-0.3, -0.25) is 9.69 Å². The number of benzene rings is 3. The molecule has 5 nitrogen and oxygen atoms in total. The predicted molar refractivity (Wildman–Crippen MR) is 166 cm³/mol. The molecule has 1 aliphatic heterocycles. The Bertz CT molecular complexity index is 1630. The summed E-state index contributed by atoms with van der Waals surface area (Å²) in [7, 11) is 0. The number of halogens is 1. The quantitative estimate of drug-likeness (QED) is 0.171. The zero-order chi connectivity index (χ0) is 27.5. The first kappa shape index (κ1) is 27.0. The lowest BCUT2D eigenvalue weighted by Crippen LogP contribution is -2.32. The molecule has 206 valence electrons. The number of imidazole rings is 1. The molecule has 3 heterocycles. The van der Waals surface area contributed by atoms with Crippen molar-refractivity contribution in [1.29, 1.82) is 0 Å². The summed E-state index contributed by atoms with van der Waals surface area (Å²) in [6, 6.07) is 25.0. The van der Waals surface area contributed by atoms with Crippen LogP contribution >= 0.6 is 22.9 Å². The Morgan fingerprint density at radius 3 is 2.42 bits per heavy atom. The van der Waals surface area contributed by atoms with Gasteiger partial charge in [0.1, 0.15) is 10.7 Å². The highest BCUT2D eigenvalue weighted by Crippen LogP contribution is 2.36. The van der Waals surface area contributed by atoms with Crippen molar-refractivity contribution < 1.29 is 4.79 Å². The SMILES string of the molecule is CCCCN(Cc1nc2ccccc2n1Cc1ccccc1CN1CCCC1)C(=O)c1sc2ccccc2c1Cl. The van der Waals surface area contributed by atoms with E-state index >= 15 is 0 Å². The van der Waals surface area contributed by atoms with Crippen LogP contribution < -0.4 is 0 Å². The third kappa shape index (κ3) is 5.53. The number of fused-ring (bicyclic) bond motifs is 2. The van der Waals surface area contributed by atoms with E-state index in [1.54, 1.807) is 0 Å². The van der Waals surface area contributed by atoms with Crippen molar-refractivity contribution in [1.82, 2.24) is 19.4 Å². The van der Waals surface area contributed by atoms with E-state index in [0.717, 1.165) is 52.9 Å². The van der Waals surface area contributed by atoms with Gasteiger partial charge >= 0.3 is 0 Å². The average molecular weight is 571 g/mol. The Hall–Kier alpha value is -3.19. The maximum atomic E-state index is 14.0. The second kappa shape index (κ2) is 12.1. The van der Waals surface area contributed by atoms with Crippen LogP contribution in [0.15, 0.2) is 72.8 Å². The van der Waals surface area contributed by atoms with E-state index in [4.69, 9.17) is 16.6 Å². The minimum absolute atomic E-state index is 0.0207. The van der Waals surface area contributed by atoms with E-state index in [2.05, 4.69) is 58.9 Å². The summed E-state index contributed by atoms with van der Waals surface area (Å²) in [4.78, 5) is 24.1. The molecule has 5 aromatic rings. The molecule has 3 aromatic carbocycles. The fraction of sp³-hybridized carbons (Fsp3) is 0.333. The van der Waals surface area contributed by atoms with Crippen LogP contribution in [0.2, 0.25) is 5.02 Å². The molecular weight excluding hydrogens is 536 g/mol. The van der Waals surface area contributed by atoms with Gasteiger partial charge in [0.25, 0.3) is 5.91 Å². The van der Waals surface area contributed by atoms with Crippen LogP contribution in [0, 0.1) is 0 Å². The Labute approximate surface area is 245 Å². The smallest absolute Gasteiger partial charge is 0.265 e. The van der Waals surface area contributed by atoms with Gasteiger partial charge in [0.05, 0.1) is 22.6 Å². The minimum Gasteiger partial charge on any atom is -0.330 e. The number of likely N-dealkylation sites (tertiary alicyclic amines) is 1. The molecule has 2 aromatic heterocycles. The first-order valence-electron chi connectivity index (χ1n) is 14.3. The number of aromatic nitrogens is 2. The fourth-order valence-corrected chi connectivity index (χ4v) is 7.19. The second-order valence-electron chi connectivity index (χ2n) is 10.7. The Kier molecular flexibility index (Phi) is 8.19. The van der Waals surface area contributed by atoms with Gasteiger partial charge in [0.15, 0.2) is 0 Å². The Balaban J connectivity index is 1.35. The van der Waals surface area contributed by atoms with Gasteiger partial charge in [0.2, 0.25) is 0 Å². The van der Waals surface area contributed by atoms with Crippen LogP contribution in [0.3, 0.4) is 0 Å². The van der Waals surface area contributed by atoms with Crippen LogP contribution in [0.1, 0.15) is 59.2 Å². The summed E-state index contributed by atoms with van der Waals surface area (Å²) in [5.41, 5.74) is 4.72. The van der Waals surface area contributed by atoms with E-state index in [1.807, 2.05) is 35.2 Å². The van der Waals surface area contributed by atoms with Gasteiger partial charge in [-0.15, -0.1) is 11.3 Å². The van der Waals surface area contributed by atoms with Crippen molar-refractivity contribution in [3.63, 3.8) is 0 Å². The first-order chi connectivity index (χ1) is 19.6. The standard InChI is InChI=1S/C33H35ClN4OS/c1-2-3-20-37(33(39)32-31(34)26-14-6-9-17-29(26)40-32)23-30-35-27-15-7-8-16-28(27)38(30)22-25-13-5-4-12-24(25)21-36-18-10-11-19-36/h4-9,12-17H,2-3,10-11,18-23H2,1H3. The van der Waals surface area contributed by atoms with Crippen LogP contribution in [0.4, 0.5) is 0 Å². The predicted octanol–water partition coefficient (Wildman–Crippen LogP) is 7.99. The third-order valence-electron chi connectivity index (χ3n) is 7.90. The number of hydrogen-bond donors (Lipinski definition) is 0. The lowest BCUT2D eigenvalue weighted by Gasteiger charge is -2.23. The van der Waals surface area contributed by atoms with E-state index in [0.29, 0.717) is 23.0 Å². The Morgan fingerprint density at radius 2 is 1.65 bits per heavy atom. The number of thiophene rings is 1. The van der Waals surface area contributed by atoms with Crippen molar-refractivity contribution in [2.45, 2.75) is 52.2 Å². The molecular formula is C33H35ClN4OS. The molecule has 0 saturated carbocycles. The summed E-state index contributed by atoms with van der Waals surface area (Å²) in [5, 5.41) is 1.49. The molecule has 7 heteroatoms. The van der Waals surface area contributed by atoms with Crippen molar-refractivity contribution in [2.75, 3.05) is 19.6 Å². The molecule has 1 fully saturated rings. The summed E-state index contributed by atoms with van der Waals surface area (Å²) < 4.78 is 3.34. The molecule has 0 bridgehead atoms. The topological polar surface area (TPSA) is 41.4 Å². The van der Waals surface area contributed by atoms with Gasteiger partial charge in [-0.05, 0) is 61.7 Å². The molecule has 0 radical (unpaired) electrons. The highest BCUT2D eigenvalue weighted by atomic mass is 35.5. The highest BCUT2D eigenvalue weighted by Gasteiger charge is 2.25. The third-order valence-corrected chi connectivity index (χ3v) is 9.57. The van der Waals surface area contributed by atoms with Crippen molar-refractivity contribution in [3.05, 3.63) is 99.6 Å². The van der Waals surface area contributed by atoms with E-state index < -0.39 is 0 Å². The first-order valence-corrected chi connectivity index (χ1v) is 15.5. The maximum Gasteiger partial charge on any atom is 0.265 e. The van der Waals surface area contributed by atoms with Gasteiger partial charge in [-0.2, -0.15) is 0 Å².